The van der Waals surface area contributed by atoms with Crippen molar-refractivity contribution in [3.63, 3.8) is 0 Å². The van der Waals surface area contributed by atoms with Crippen LogP contribution in [0.1, 0.15) is 34.0 Å². The van der Waals surface area contributed by atoms with Gasteiger partial charge in [0.2, 0.25) is 0 Å². The van der Waals surface area contributed by atoms with E-state index in [1.54, 1.807) is 18.4 Å². The van der Waals surface area contributed by atoms with Crippen molar-refractivity contribution in [3.8, 4) is 5.75 Å². The minimum absolute atomic E-state index is 0.00880. The fourth-order valence-electron chi connectivity index (χ4n) is 4.64. The zero-order valence-electron chi connectivity index (χ0n) is 17.7. The predicted molar refractivity (Wildman–Crippen MR) is 138 cm³/mol. The van der Waals surface area contributed by atoms with Gasteiger partial charge >= 0.3 is 0 Å². The highest BCUT2D eigenvalue weighted by Gasteiger charge is 2.32. The molecule has 2 aliphatic rings. The molecule has 0 fully saturated rings. The smallest absolute Gasteiger partial charge is 0.271 e. The first kappa shape index (κ1) is 20.8. The first-order valence-electron chi connectivity index (χ1n) is 10.6. The van der Waals surface area contributed by atoms with Gasteiger partial charge in [-0.2, -0.15) is 0 Å². The maximum absolute atomic E-state index is 13.7. The number of methoxy groups -OCH3 is 1. The Hall–Kier alpha value is -2.74. The number of thiophene rings is 1. The molecule has 0 amide bonds. The van der Waals surface area contributed by atoms with Crippen LogP contribution in [0.5, 0.6) is 5.75 Å². The van der Waals surface area contributed by atoms with E-state index in [4.69, 9.17) is 9.73 Å². The summed E-state index contributed by atoms with van der Waals surface area (Å²) in [7, 11) is 1.64. The molecule has 1 atom stereocenters. The third kappa shape index (κ3) is 3.46. The van der Waals surface area contributed by atoms with E-state index < -0.39 is 0 Å². The molecule has 7 heteroatoms. The Balaban J connectivity index is 1.59. The van der Waals surface area contributed by atoms with Crippen molar-refractivity contribution in [1.82, 2.24) is 4.57 Å². The molecule has 164 valence electrons. The first-order valence-corrected chi connectivity index (χ1v) is 13.1. The van der Waals surface area contributed by atoms with E-state index in [1.807, 2.05) is 28.8 Å². The third-order valence-corrected chi connectivity index (χ3v) is 8.69. The molecule has 2 aromatic heterocycles. The van der Waals surface area contributed by atoms with Gasteiger partial charge in [0.05, 0.1) is 27.9 Å². The first-order chi connectivity index (χ1) is 16.1. The molecule has 4 nitrogen and oxygen atoms in total. The van der Waals surface area contributed by atoms with Gasteiger partial charge in [0, 0.05) is 10.4 Å². The molecule has 0 bridgehead atoms. The van der Waals surface area contributed by atoms with Crippen LogP contribution >= 0.6 is 38.6 Å². The summed E-state index contributed by atoms with van der Waals surface area (Å²) in [4.78, 5) is 20.7. The summed E-state index contributed by atoms with van der Waals surface area (Å²) in [5, 5.41) is 2.08. The lowest BCUT2D eigenvalue weighted by atomic mass is 9.85. The molecule has 0 N–H and O–H groups in total. The maximum atomic E-state index is 13.7. The zero-order valence-corrected chi connectivity index (χ0v) is 21.0. The van der Waals surface area contributed by atoms with Gasteiger partial charge in [0.25, 0.3) is 5.56 Å². The van der Waals surface area contributed by atoms with E-state index >= 15 is 0 Å². The molecule has 1 aliphatic heterocycles. The highest BCUT2D eigenvalue weighted by Crippen LogP contribution is 2.42. The van der Waals surface area contributed by atoms with Crippen LogP contribution in [0.25, 0.3) is 11.8 Å². The summed E-state index contributed by atoms with van der Waals surface area (Å²) in [5.41, 5.74) is 5.74. The number of hydrogen-bond donors (Lipinski definition) is 0. The summed E-state index contributed by atoms with van der Waals surface area (Å²) >= 11 is 6.69. The second-order valence-corrected chi connectivity index (χ2v) is 10.9. The van der Waals surface area contributed by atoms with Crippen LogP contribution in [0.3, 0.4) is 0 Å². The Morgan fingerprint density at radius 1 is 1.15 bits per heavy atom. The second kappa shape index (κ2) is 8.24. The Bertz CT molecular complexity index is 1600. The molecule has 1 aliphatic carbocycles. The van der Waals surface area contributed by atoms with E-state index in [0.29, 0.717) is 4.53 Å². The third-order valence-electron chi connectivity index (χ3n) is 6.16. The number of allylic oxidation sites excluding steroid dienone is 1. The van der Waals surface area contributed by atoms with Crippen molar-refractivity contribution >= 4 is 50.4 Å². The van der Waals surface area contributed by atoms with Crippen molar-refractivity contribution < 1.29 is 4.74 Å². The van der Waals surface area contributed by atoms with Crippen LogP contribution in [0.4, 0.5) is 0 Å². The summed E-state index contributed by atoms with van der Waals surface area (Å²) < 4.78 is 8.77. The molecule has 0 saturated heterocycles. The van der Waals surface area contributed by atoms with Gasteiger partial charge in [0.1, 0.15) is 5.75 Å². The molecule has 3 heterocycles. The van der Waals surface area contributed by atoms with Crippen LogP contribution in [-0.2, 0) is 6.42 Å². The van der Waals surface area contributed by atoms with Gasteiger partial charge in [0.15, 0.2) is 4.80 Å². The molecule has 33 heavy (non-hydrogen) atoms. The van der Waals surface area contributed by atoms with Gasteiger partial charge in [-0.25, -0.2) is 4.99 Å². The van der Waals surface area contributed by atoms with Crippen molar-refractivity contribution in [2.75, 3.05) is 7.11 Å². The topological polar surface area (TPSA) is 43.6 Å². The van der Waals surface area contributed by atoms with Crippen LogP contribution in [0.2, 0.25) is 0 Å². The number of halogens is 1. The number of rotatable bonds is 3. The minimum Gasteiger partial charge on any atom is -0.496 e. The summed E-state index contributed by atoms with van der Waals surface area (Å²) in [5.74, 6) is 0.762. The van der Waals surface area contributed by atoms with Crippen LogP contribution in [0, 0.1) is 0 Å². The summed E-state index contributed by atoms with van der Waals surface area (Å²) in [6.07, 6.45) is 3.82. The fraction of sp³-hybridized carbons (Fsp3) is 0.154. The fourth-order valence-corrected chi connectivity index (χ4v) is 7.05. The van der Waals surface area contributed by atoms with Crippen LogP contribution in [0.15, 0.2) is 79.8 Å². The van der Waals surface area contributed by atoms with Gasteiger partial charge in [-0.1, -0.05) is 47.7 Å². The lowest BCUT2D eigenvalue weighted by Crippen LogP contribution is -2.38. The summed E-state index contributed by atoms with van der Waals surface area (Å²) in [6.45, 7) is 0. The van der Waals surface area contributed by atoms with Gasteiger partial charge in [-0.15, -0.1) is 11.3 Å². The van der Waals surface area contributed by atoms with Crippen LogP contribution < -0.4 is 19.6 Å². The van der Waals surface area contributed by atoms with E-state index in [0.717, 1.165) is 39.1 Å². The number of hydrogen-bond acceptors (Lipinski definition) is 5. The molecular weight excluding hydrogens is 516 g/mol. The molecule has 2 aromatic carbocycles. The lowest BCUT2D eigenvalue weighted by Gasteiger charge is -2.30. The van der Waals surface area contributed by atoms with Gasteiger partial charge in [-0.3, -0.25) is 9.36 Å². The normalized spacial score (nSPS) is 17.3. The number of nitrogens with zero attached hydrogens (tertiary/aromatic N) is 2. The second-order valence-electron chi connectivity index (χ2n) is 8.02. The summed E-state index contributed by atoms with van der Waals surface area (Å²) in [6, 6.07) is 18.4. The number of thiazole rings is 1. The Labute approximate surface area is 207 Å². The monoisotopic (exact) mass is 534 g/mol. The molecule has 0 radical (unpaired) electrons. The predicted octanol–water partition coefficient (Wildman–Crippen LogP) is 5.15. The number of fused-ring (bicyclic) bond motifs is 3. The van der Waals surface area contributed by atoms with Gasteiger partial charge < -0.3 is 4.74 Å². The molecular formula is C26H19BrN2O2S2. The molecule has 0 saturated carbocycles. The number of benzene rings is 2. The number of aryl methyl sites for hydroxylation is 1. The zero-order chi connectivity index (χ0) is 22.5. The highest BCUT2D eigenvalue weighted by molar-refractivity contribution is 9.10. The largest absolute Gasteiger partial charge is 0.496 e. The number of ether oxygens (including phenoxy) is 1. The molecule has 4 aromatic rings. The number of aromatic nitrogens is 1. The quantitative estimate of drug-likeness (QED) is 0.364. The Kier molecular flexibility index (Phi) is 5.20. The van der Waals surface area contributed by atoms with E-state index in [1.165, 1.54) is 32.9 Å². The standard InChI is InChI=1S/C26H19BrN2O2S2/c1-31-20-11-8-15(13-19(20)27)14-22-25(30)29-24(21-7-4-12-32-21)18-10-9-16-5-2-3-6-17(16)23(18)28-26(29)33-22/h2-8,11-14,24H,9-10H2,1H3/b22-14-. The van der Waals surface area contributed by atoms with E-state index in [9.17, 15) is 4.79 Å². The van der Waals surface area contributed by atoms with Crippen molar-refractivity contribution in [2.45, 2.75) is 18.9 Å². The molecule has 6 rings (SSSR count). The average Bonchev–Trinajstić information content (AvgIpc) is 3.46. The average molecular weight is 535 g/mol. The Morgan fingerprint density at radius 2 is 2.03 bits per heavy atom. The molecule has 1 unspecified atom stereocenters. The molecule has 0 spiro atoms. The SMILES string of the molecule is COc1ccc(/C=c2\sc3n(c2=O)C(c2cccs2)C2=C(N=3)c3ccccc3CC2)cc1Br. The van der Waals surface area contributed by atoms with Crippen molar-refractivity contribution in [3.05, 3.63) is 111 Å². The highest BCUT2D eigenvalue weighted by atomic mass is 79.9. The lowest BCUT2D eigenvalue weighted by molar-refractivity contribution is 0.412. The van der Waals surface area contributed by atoms with E-state index in [2.05, 4.69) is 57.7 Å². The van der Waals surface area contributed by atoms with Crippen molar-refractivity contribution in [2.24, 2.45) is 4.99 Å². The van der Waals surface area contributed by atoms with E-state index in [-0.39, 0.29) is 11.6 Å². The maximum Gasteiger partial charge on any atom is 0.271 e. The van der Waals surface area contributed by atoms with Crippen LogP contribution in [-0.4, -0.2) is 11.7 Å². The van der Waals surface area contributed by atoms with Crippen molar-refractivity contribution in [1.29, 1.82) is 0 Å². The van der Waals surface area contributed by atoms with Gasteiger partial charge in [-0.05, 0) is 75.1 Å². The Morgan fingerprint density at radius 3 is 2.82 bits per heavy atom. The minimum atomic E-state index is -0.102.